The second-order valence-corrected chi connectivity index (χ2v) is 8.40. The van der Waals surface area contributed by atoms with E-state index in [1.165, 1.54) is 0 Å². The van der Waals surface area contributed by atoms with Crippen molar-refractivity contribution in [1.82, 2.24) is 19.9 Å². The molecule has 4 heterocycles. The van der Waals surface area contributed by atoms with Crippen molar-refractivity contribution in [3.05, 3.63) is 102 Å². The monoisotopic (exact) mass is 455 g/mol. The average Bonchev–Trinajstić information content (AvgIpc) is 3.35. The van der Waals surface area contributed by atoms with Crippen molar-refractivity contribution >= 4 is 23.0 Å². The summed E-state index contributed by atoms with van der Waals surface area (Å²) in [5, 5.41) is 4.17. The molecule has 1 fully saturated rings. The lowest BCUT2D eigenvalue weighted by molar-refractivity contribution is 0.414. The van der Waals surface area contributed by atoms with E-state index in [0.717, 1.165) is 39.9 Å². The number of aryl methyl sites for hydroxylation is 1. The predicted molar refractivity (Wildman–Crippen MR) is 134 cm³/mol. The Hall–Kier alpha value is -3.71. The Labute approximate surface area is 198 Å². The number of nitrogens with one attached hydrogen (secondary N) is 1. The topological polar surface area (TPSA) is 55.2 Å². The lowest BCUT2D eigenvalue weighted by atomic mass is 9.96. The molecule has 0 amide bonds. The highest BCUT2D eigenvalue weighted by molar-refractivity contribution is 7.80. The van der Waals surface area contributed by atoms with E-state index in [9.17, 15) is 0 Å². The molecule has 1 saturated heterocycles. The molecule has 166 valence electrons. The van der Waals surface area contributed by atoms with E-state index in [1.807, 2.05) is 73.1 Å². The van der Waals surface area contributed by atoms with Gasteiger partial charge < -0.3 is 19.5 Å². The van der Waals surface area contributed by atoms with Crippen LogP contribution in [-0.4, -0.2) is 26.8 Å². The van der Waals surface area contributed by atoms with Crippen LogP contribution in [0.3, 0.4) is 0 Å². The number of rotatable bonds is 5. The van der Waals surface area contributed by atoms with Gasteiger partial charge in [-0.15, -0.1) is 0 Å². The summed E-state index contributed by atoms with van der Waals surface area (Å²) in [6.07, 6.45) is 3.64. The van der Waals surface area contributed by atoms with Crippen molar-refractivity contribution in [2.75, 3.05) is 12.0 Å². The summed E-state index contributed by atoms with van der Waals surface area (Å²) >= 11 is 5.87. The molecule has 1 aromatic carbocycles. The first kappa shape index (κ1) is 21.2. The minimum atomic E-state index is -0.124. The summed E-state index contributed by atoms with van der Waals surface area (Å²) < 4.78 is 7.89. The van der Waals surface area contributed by atoms with Gasteiger partial charge in [0.2, 0.25) is 0 Å². The van der Waals surface area contributed by atoms with Crippen LogP contribution in [0.25, 0.3) is 5.82 Å². The van der Waals surface area contributed by atoms with Crippen LogP contribution < -0.4 is 15.0 Å². The van der Waals surface area contributed by atoms with Gasteiger partial charge in [-0.2, -0.15) is 0 Å². The van der Waals surface area contributed by atoms with Crippen LogP contribution in [0.1, 0.15) is 34.7 Å². The SMILES string of the molecule is COc1ccccc1N1C(=S)N[C@@H](c2ccccn2)[C@@H]1c1cc(C)n(-c2ccccn2)c1C. The highest BCUT2D eigenvalue weighted by atomic mass is 32.1. The van der Waals surface area contributed by atoms with Crippen LogP contribution in [0.2, 0.25) is 0 Å². The molecule has 3 aromatic heterocycles. The third-order valence-corrected chi connectivity index (χ3v) is 6.42. The number of para-hydroxylation sites is 2. The van der Waals surface area contributed by atoms with Gasteiger partial charge in [-0.3, -0.25) is 4.98 Å². The molecule has 0 unspecified atom stereocenters. The Morgan fingerprint density at radius 1 is 0.939 bits per heavy atom. The quantitative estimate of drug-likeness (QED) is 0.424. The maximum absolute atomic E-state index is 5.87. The predicted octanol–water partition coefficient (Wildman–Crippen LogP) is 5.07. The Morgan fingerprint density at radius 2 is 1.67 bits per heavy atom. The molecule has 7 heteroatoms. The van der Waals surface area contributed by atoms with E-state index < -0.39 is 0 Å². The molecule has 0 spiro atoms. The second kappa shape index (κ2) is 8.67. The lowest BCUT2D eigenvalue weighted by Crippen LogP contribution is -2.30. The van der Waals surface area contributed by atoms with Crippen LogP contribution in [0.5, 0.6) is 5.75 Å². The summed E-state index contributed by atoms with van der Waals surface area (Å²) in [5.74, 6) is 1.66. The summed E-state index contributed by atoms with van der Waals surface area (Å²) in [6, 6.07) is 21.9. The maximum atomic E-state index is 5.87. The van der Waals surface area contributed by atoms with Gasteiger partial charge >= 0.3 is 0 Å². The van der Waals surface area contributed by atoms with Gasteiger partial charge in [0, 0.05) is 23.8 Å². The van der Waals surface area contributed by atoms with Crippen molar-refractivity contribution in [3.8, 4) is 11.6 Å². The first-order valence-corrected chi connectivity index (χ1v) is 11.2. The van der Waals surface area contributed by atoms with Crippen molar-refractivity contribution < 1.29 is 4.74 Å². The summed E-state index contributed by atoms with van der Waals surface area (Å²) in [7, 11) is 1.68. The van der Waals surface area contributed by atoms with E-state index in [-0.39, 0.29) is 12.1 Å². The third kappa shape index (κ3) is 3.64. The fourth-order valence-electron chi connectivity index (χ4n) is 4.68. The largest absolute Gasteiger partial charge is 0.495 e. The number of methoxy groups -OCH3 is 1. The zero-order valence-corrected chi connectivity index (χ0v) is 19.6. The highest BCUT2D eigenvalue weighted by Crippen LogP contribution is 2.45. The molecular formula is C26H25N5OS. The van der Waals surface area contributed by atoms with Gasteiger partial charge in [-0.25, -0.2) is 4.98 Å². The molecule has 1 aliphatic rings. The van der Waals surface area contributed by atoms with Gasteiger partial charge in [0.25, 0.3) is 0 Å². The summed E-state index contributed by atoms with van der Waals surface area (Å²) in [6.45, 7) is 4.24. The summed E-state index contributed by atoms with van der Waals surface area (Å²) in [5.41, 5.74) is 5.24. The second-order valence-electron chi connectivity index (χ2n) is 8.02. The number of ether oxygens (including phenoxy) is 1. The van der Waals surface area contributed by atoms with Crippen molar-refractivity contribution in [3.63, 3.8) is 0 Å². The minimum Gasteiger partial charge on any atom is -0.495 e. The van der Waals surface area contributed by atoms with E-state index in [4.69, 9.17) is 17.0 Å². The fourth-order valence-corrected chi connectivity index (χ4v) is 5.02. The fraction of sp³-hybridized carbons (Fsp3) is 0.192. The molecule has 0 aliphatic carbocycles. The molecule has 4 aromatic rings. The van der Waals surface area contributed by atoms with Crippen LogP contribution in [0.15, 0.2) is 79.1 Å². The van der Waals surface area contributed by atoms with Crippen LogP contribution >= 0.6 is 12.2 Å². The number of hydrogen-bond donors (Lipinski definition) is 1. The molecule has 0 bridgehead atoms. The van der Waals surface area contributed by atoms with Crippen molar-refractivity contribution in [2.45, 2.75) is 25.9 Å². The molecule has 0 radical (unpaired) electrons. The van der Waals surface area contributed by atoms with E-state index in [0.29, 0.717) is 5.11 Å². The van der Waals surface area contributed by atoms with Crippen LogP contribution in [0.4, 0.5) is 5.69 Å². The molecule has 6 nitrogen and oxygen atoms in total. The third-order valence-electron chi connectivity index (χ3n) is 6.11. The van der Waals surface area contributed by atoms with Gasteiger partial charge in [0.05, 0.1) is 30.6 Å². The molecule has 2 atom stereocenters. The molecule has 1 aliphatic heterocycles. The highest BCUT2D eigenvalue weighted by Gasteiger charge is 2.43. The number of hydrogen-bond acceptors (Lipinski definition) is 4. The van der Waals surface area contributed by atoms with Crippen LogP contribution in [-0.2, 0) is 0 Å². The first-order valence-electron chi connectivity index (χ1n) is 10.8. The number of thiocarbonyl (C=S) groups is 1. The standard InChI is InChI=1S/C26H25N5OS/c1-17-16-19(18(2)30(17)23-13-7-9-15-28-23)25-24(20-10-6-8-14-27-20)29-26(33)31(25)21-11-4-5-12-22(21)32-3/h4-16,24-25H,1-3H3,(H,29,33)/t24-,25-/m0/s1. The first-order chi connectivity index (χ1) is 16.1. The lowest BCUT2D eigenvalue weighted by Gasteiger charge is -2.29. The normalized spacial score (nSPS) is 17.8. The average molecular weight is 456 g/mol. The number of benzene rings is 1. The Balaban J connectivity index is 1.71. The molecule has 5 rings (SSSR count). The Morgan fingerprint density at radius 3 is 2.36 bits per heavy atom. The molecular weight excluding hydrogens is 430 g/mol. The number of pyridine rings is 2. The minimum absolute atomic E-state index is 0.118. The van der Waals surface area contributed by atoms with Gasteiger partial charge in [-0.05, 0) is 74.1 Å². The van der Waals surface area contributed by atoms with E-state index in [2.05, 4.69) is 44.7 Å². The number of nitrogens with zero attached hydrogens (tertiary/aromatic N) is 4. The smallest absolute Gasteiger partial charge is 0.174 e. The molecule has 33 heavy (non-hydrogen) atoms. The van der Waals surface area contributed by atoms with Gasteiger partial charge in [0.1, 0.15) is 11.6 Å². The maximum Gasteiger partial charge on any atom is 0.174 e. The summed E-state index contributed by atoms with van der Waals surface area (Å²) in [4.78, 5) is 11.4. The molecule has 0 saturated carbocycles. The van der Waals surface area contributed by atoms with Crippen LogP contribution in [0, 0.1) is 13.8 Å². The number of anilines is 1. The molecule has 1 N–H and O–H groups in total. The van der Waals surface area contributed by atoms with E-state index >= 15 is 0 Å². The number of aromatic nitrogens is 3. The zero-order valence-electron chi connectivity index (χ0n) is 18.8. The van der Waals surface area contributed by atoms with E-state index in [1.54, 1.807) is 7.11 Å². The van der Waals surface area contributed by atoms with Gasteiger partial charge in [0.15, 0.2) is 5.11 Å². The Kier molecular flexibility index (Phi) is 5.56. The Bertz CT molecular complexity index is 1290. The van der Waals surface area contributed by atoms with Crippen molar-refractivity contribution in [1.29, 1.82) is 0 Å². The van der Waals surface area contributed by atoms with Crippen molar-refractivity contribution in [2.24, 2.45) is 0 Å². The zero-order chi connectivity index (χ0) is 22.9. The van der Waals surface area contributed by atoms with Gasteiger partial charge in [-0.1, -0.05) is 24.3 Å².